The summed E-state index contributed by atoms with van der Waals surface area (Å²) < 4.78 is 30.2. The molecule has 0 fully saturated rings. The molecule has 0 radical (unpaired) electrons. The Morgan fingerprint density at radius 1 is 1.53 bits per heavy atom. The monoisotopic (exact) mass is 286 g/mol. The number of hydrogen-bond donors (Lipinski definition) is 2. The van der Waals surface area contributed by atoms with Crippen LogP contribution in [-0.2, 0) is 19.6 Å². The Bertz CT molecular complexity index is 568. The molecule has 7 nitrogen and oxygen atoms in total. The number of aliphatic carboxylic acids is 1. The number of hydrogen-bond acceptors (Lipinski definition) is 5. The van der Waals surface area contributed by atoms with Crippen molar-refractivity contribution in [3.05, 3.63) is 30.0 Å². The summed E-state index contributed by atoms with van der Waals surface area (Å²) in [5, 5.41) is 8.49. The van der Waals surface area contributed by atoms with E-state index in [0.29, 0.717) is 5.69 Å². The quantitative estimate of drug-likeness (QED) is 0.710. The van der Waals surface area contributed by atoms with Crippen molar-refractivity contribution in [3.63, 3.8) is 0 Å². The van der Waals surface area contributed by atoms with Crippen LogP contribution in [0.25, 0.3) is 6.08 Å². The molecule has 2 N–H and O–H groups in total. The highest BCUT2D eigenvalue weighted by atomic mass is 32.2. The van der Waals surface area contributed by atoms with E-state index in [4.69, 9.17) is 5.11 Å². The Hall–Kier alpha value is -1.93. The number of carbonyl (C=O) groups is 1. The molecule has 0 aliphatic carbocycles. The largest absolute Gasteiger partial charge is 0.478 e. The fourth-order valence-electron chi connectivity index (χ4n) is 1.16. The first-order chi connectivity index (χ1) is 8.93. The van der Waals surface area contributed by atoms with Gasteiger partial charge >= 0.3 is 5.97 Å². The number of nitrogens with zero attached hydrogens (tertiary/aromatic N) is 1. The third-order valence-electron chi connectivity index (χ3n) is 1.98. The van der Waals surface area contributed by atoms with Gasteiger partial charge in [0.05, 0.1) is 18.1 Å². The maximum Gasteiger partial charge on any atom is 0.328 e. The molecular formula is C11H14N2O5S. The summed E-state index contributed by atoms with van der Waals surface area (Å²) in [5.41, 5.74) is 0.342. The van der Waals surface area contributed by atoms with Crippen molar-refractivity contribution in [2.45, 2.75) is 0 Å². The summed E-state index contributed by atoms with van der Waals surface area (Å²) in [7, 11) is -2.11. The number of anilines is 1. The molecule has 0 saturated carbocycles. The number of aromatic nitrogens is 1. The number of rotatable bonds is 7. The predicted octanol–water partition coefficient (Wildman–Crippen LogP) is 0.567. The molecule has 0 saturated heterocycles. The van der Waals surface area contributed by atoms with Crippen LogP contribution in [0.4, 0.5) is 5.82 Å². The lowest BCUT2D eigenvalue weighted by Crippen LogP contribution is -2.20. The average Bonchev–Trinajstić information content (AvgIpc) is 2.34. The highest BCUT2D eigenvalue weighted by Gasteiger charge is 2.10. The van der Waals surface area contributed by atoms with Crippen LogP contribution in [0.3, 0.4) is 0 Å². The Morgan fingerprint density at radius 3 is 2.89 bits per heavy atom. The molecule has 104 valence electrons. The van der Waals surface area contributed by atoms with Gasteiger partial charge in [-0.2, -0.15) is 0 Å². The third-order valence-corrected chi connectivity index (χ3v) is 3.21. The van der Waals surface area contributed by atoms with Crippen LogP contribution >= 0.6 is 0 Å². The van der Waals surface area contributed by atoms with Crippen molar-refractivity contribution in [3.8, 4) is 0 Å². The van der Waals surface area contributed by atoms with Crippen LogP contribution in [0.1, 0.15) is 5.69 Å². The molecule has 0 bridgehead atoms. The van der Waals surface area contributed by atoms with Crippen LogP contribution in [0.15, 0.2) is 24.3 Å². The van der Waals surface area contributed by atoms with Gasteiger partial charge in [-0.1, -0.05) is 6.07 Å². The molecule has 0 aliphatic heterocycles. The molecule has 1 aromatic heterocycles. The molecule has 0 spiro atoms. The van der Waals surface area contributed by atoms with E-state index in [9.17, 15) is 13.2 Å². The summed E-state index contributed by atoms with van der Waals surface area (Å²) in [5.74, 6) is -1.16. The molecule has 0 atom stereocenters. The van der Waals surface area contributed by atoms with Crippen LogP contribution < -0.4 is 4.72 Å². The molecule has 1 aromatic rings. The minimum absolute atomic E-state index is 0.0773. The number of sulfonamides is 1. The number of pyridine rings is 1. The Kier molecular flexibility index (Phi) is 5.46. The molecule has 0 aromatic carbocycles. The highest BCUT2D eigenvalue weighted by Crippen LogP contribution is 2.08. The van der Waals surface area contributed by atoms with Crippen LogP contribution in [-0.4, -0.2) is 43.9 Å². The van der Waals surface area contributed by atoms with E-state index in [1.807, 2.05) is 0 Å². The lowest BCUT2D eigenvalue weighted by atomic mass is 10.3. The van der Waals surface area contributed by atoms with Gasteiger partial charge in [-0.25, -0.2) is 18.2 Å². The van der Waals surface area contributed by atoms with Gasteiger partial charge in [0, 0.05) is 13.2 Å². The van der Waals surface area contributed by atoms with Crippen molar-refractivity contribution in [1.82, 2.24) is 4.98 Å². The van der Waals surface area contributed by atoms with E-state index in [-0.39, 0.29) is 18.2 Å². The zero-order valence-corrected chi connectivity index (χ0v) is 11.1. The number of carboxylic acids is 1. The molecule has 19 heavy (non-hydrogen) atoms. The van der Waals surface area contributed by atoms with Gasteiger partial charge < -0.3 is 9.84 Å². The minimum Gasteiger partial charge on any atom is -0.478 e. The smallest absolute Gasteiger partial charge is 0.328 e. The molecule has 1 rings (SSSR count). The van der Waals surface area contributed by atoms with E-state index in [1.165, 1.54) is 19.3 Å². The Labute approximate surface area is 111 Å². The summed E-state index contributed by atoms with van der Waals surface area (Å²) in [4.78, 5) is 14.3. The van der Waals surface area contributed by atoms with Crippen molar-refractivity contribution in [2.75, 3.05) is 24.2 Å². The second-order valence-corrected chi connectivity index (χ2v) is 5.37. The lowest BCUT2D eigenvalue weighted by molar-refractivity contribution is -0.131. The van der Waals surface area contributed by atoms with Crippen molar-refractivity contribution >= 4 is 27.9 Å². The highest BCUT2D eigenvalue weighted by molar-refractivity contribution is 7.92. The zero-order chi connectivity index (χ0) is 14.3. The summed E-state index contributed by atoms with van der Waals surface area (Å²) in [6.07, 6.45) is 2.20. The van der Waals surface area contributed by atoms with E-state index in [2.05, 4.69) is 14.4 Å². The normalized spacial score (nSPS) is 11.6. The number of methoxy groups -OCH3 is 1. The summed E-state index contributed by atoms with van der Waals surface area (Å²) in [6, 6.07) is 4.61. The van der Waals surface area contributed by atoms with Gasteiger partial charge in [0.15, 0.2) is 0 Å². The van der Waals surface area contributed by atoms with E-state index >= 15 is 0 Å². The molecule has 0 amide bonds. The predicted molar refractivity (Wildman–Crippen MR) is 70.2 cm³/mol. The molecular weight excluding hydrogens is 272 g/mol. The third kappa shape index (κ3) is 5.98. The van der Waals surface area contributed by atoms with Crippen molar-refractivity contribution in [2.24, 2.45) is 0 Å². The fraction of sp³-hybridized carbons (Fsp3) is 0.273. The summed E-state index contributed by atoms with van der Waals surface area (Å²) in [6.45, 7) is 0.0773. The van der Waals surface area contributed by atoms with Gasteiger partial charge in [-0.05, 0) is 18.2 Å². The average molecular weight is 286 g/mol. The molecule has 0 unspecified atom stereocenters. The van der Waals surface area contributed by atoms with Gasteiger partial charge in [0.25, 0.3) is 0 Å². The molecule has 8 heteroatoms. The van der Waals surface area contributed by atoms with Crippen molar-refractivity contribution < 1.29 is 23.1 Å². The molecule has 1 heterocycles. The van der Waals surface area contributed by atoms with Gasteiger partial charge in [0.1, 0.15) is 5.82 Å². The van der Waals surface area contributed by atoms with Crippen LogP contribution in [0, 0.1) is 0 Å². The number of nitrogens with one attached hydrogen (secondary N) is 1. The van der Waals surface area contributed by atoms with E-state index < -0.39 is 16.0 Å². The SMILES string of the molecule is COCCS(=O)(=O)Nc1cccc(C=CC(=O)O)n1. The first-order valence-electron chi connectivity index (χ1n) is 5.30. The molecule has 0 aliphatic rings. The van der Waals surface area contributed by atoms with Crippen LogP contribution in [0.5, 0.6) is 0 Å². The zero-order valence-electron chi connectivity index (χ0n) is 10.2. The lowest BCUT2D eigenvalue weighted by Gasteiger charge is -2.07. The fourth-order valence-corrected chi connectivity index (χ4v) is 2.08. The maximum atomic E-state index is 11.6. The standard InChI is InChI=1S/C11H14N2O5S/c1-18-7-8-19(16,17)13-10-4-2-3-9(12-10)5-6-11(14)15/h2-6H,7-8H2,1H3,(H,12,13)(H,14,15). The number of ether oxygens (including phenoxy) is 1. The maximum absolute atomic E-state index is 11.6. The second-order valence-electron chi connectivity index (χ2n) is 3.53. The van der Waals surface area contributed by atoms with Gasteiger partial charge in [0.2, 0.25) is 10.0 Å². The minimum atomic E-state index is -3.52. The second kappa shape index (κ2) is 6.86. The van der Waals surface area contributed by atoms with E-state index in [1.54, 1.807) is 12.1 Å². The van der Waals surface area contributed by atoms with Crippen LogP contribution in [0.2, 0.25) is 0 Å². The Morgan fingerprint density at radius 2 is 2.26 bits per heavy atom. The summed E-state index contributed by atoms with van der Waals surface area (Å²) >= 11 is 0. The first-order valence-corrected chi connectivity index (χ1v) is 6.95. The topological polar surface area (TPSA) is 106 Å². The van der Waals surface area contributed by atoms with Crippen molar-refractivity contribution in [1.29, 1.82) is 0 Å². The van der Waals surface area contributed by atoms with E-state index in [0.717, 1.165) is 6.08 Å². The Balaban J connectivity index is 2.80. The first kappa shape index (κ1) is 15.1. The number of carboxylic acid groups (broad SMARTS) is 1. The van der Waals surface area contributed by atoms with Gasteiger partial charge in [-0.15, -0.1) is 0 Å². The van der Waals surface area contributed by atoms with Gasteiger partial charge in [-0.3, -0.25) is 4.72 Å².